The van der Waals surface area contributed by atoms with Crippen LogP contribution in [0.1, 0.15) is 18.4 Å². The Hall–Kier alpha value is -0.640. The van der Waals surface area contributed by atoms with Crippen LogP contribution >= 0.6 is 37.2 Å². The molecule has 5 rings (SSSR count). The first-order chi connectivity index (χ1) is 12.6. The van der Waals surface area contributed by atoms with Gasteiger partial charge in [-0.05, 0) is 37.4 Å². The molecule has 2 unspecified atom stereocenters. The Labute approximate surface area is 197 Å². The van der Waals surface area contributed by atoms with Crippen molar-refractivity contribution < 1.29 is 20.1 Å². The number of rotatable bonds is 5. The smallest absolute Gasteiger partial charge is 0.344 e. The summed E-state index contributed by atoms with van der Waals surface area (Å²) in [5.74, 6) is -0.0656. The molecule has 7 nitrogen and oxygen atoms in total. The Morgan fingerprint density at radius 3 is 2.20 bits per heavy atom. The summed E-state index contributed by atoms with van der Waals surface area (Å²) < 4.78 is 5.91. The van der Waals surface area contributed by atoms with Gasteiger partial charge >= 0.3 is 5.97 Å². The average molecular weight is 487 g/mol. The molecule has 4 saturated heterocycles. The minimum atomic E-state index is -1.62. The zero-order valence-corrected chi connectivity index (χ0v) is 19.4. The lowest BCUT2D eigenvalue weighted by molar-refractivity contribution is -0.183. The monoisotopic (exact) mass is 485 g/mol. The molecule has 1 aromatic carbocycles. The van der Waals surface area contributed by atoms with Crippen LogP contribution in [0.5, 0.6) is 0 Å². The maximum Gasteiger partial charge on any atom is 0.344 e. The highest BCUT2D eigenvalue weighted by atomic mass is 35.5. The molecule has 4 aliphatic rings. The largest absolute Gasteiger partial charge is 0.458 e. The lowest BCUT2D eigenvalue weighted by Crippen LogP contribution is -2.56. The number of hydrogen-bond acceptors (Lipinski definition) is 6. The van der Waals surface area contributed by atoms with E-state index < -0.39 is 11.6 Å². The number of fused-ring (bicyclic) bond motifs is 3. The van der Waals surface area contributed by atoms with Crippen molar-refractivity contribution in [2.45, 2.75) is 24.5 Å². The van der Waals surface area contributed by atoms with Gasteiger partial charge in [0.25, 0.3) is 0 Å². The Morgan fingerprint density at radius 1 is 1.07 bits per heavy atom. The number of carbonyl (C=O) groups is 1. The molecule has 0 amide bonds. The van der Waals surface area contributed by atoms with E-state index in [0.29, 0.717) is 11.5 Å². The number of piperazine rings is 1. The molecule has 4 N–H and O–H groups in total. The van der Waals surface area contributed by atoms with Crippen molar-refractivity contribution in [3.8, 4) is 0 Å². The summed E-state index contributed by atoms with van der Waals surface area (Å²) in [6.07, 6.45) is 2.07. The van der Waals surface area contributed by atoms with Crippen LogP contribution in [-0.4, -0.2) is 84.8 Å². The molecular weight excluding hydrogens is 453 g/mol. The Balaban J connectivity index is 0.00000210. The molecule has 4 aliphatic heterocycles. The van der Waals surface area contributed by atoms with Crippen molar-refractivity contribution in [1.82, 2.24) is 15.1 Å². The van der Waals surface area contributed by atoms with Gasteiger partial charge in [0, 0.05) is 39.3 Å². The Kier molecular flexibility index (Phi) is 12.8. The van der Waals surface area contributed by atoms with Crippen LogP contribution in [-0.2, 0) is 15.1 Å². The number of carbonyl (C=O) groups excluding carboxylic acids is 1. The zero-order chi connectivity index (χ0) is 18.0. The molecule has 2 bridgehead atoms. The van der Waals surface area contributed by atoms with E-state index in [9.17, 15) is 9.90 Å². The van der Waals surface area contributed by atoms with Crippen LogP contribution in [0.4, 0.5) is 0 Å². The molecule has 0 radical (unpaired) electrons. The molecule has 0 aliphatic carbocycles. The number of aliphatic hydroxyl groups is 1. The molecule has 10 heteroatoms. The van der Waals surface area contributed by atoms with E-state index in [-0.39, 0.29) is 55.3 Å². The first-order valence-corrected chi connectivity index (χ1v) is 9.79. The summed E-state index contributed by atoms with van der Waals surface area (Å²) in [5.41, 5.74) is -1.00. The molecule has 2 atom stereocenters. The van der Waals surface area contributed by atoms with Crippen molar-refractivity contribution in [3.05, 3.63) is 35.9 Å². The predicted molar refractivity (Wildman–Crippen MR) is 124 cm³/mol. The topological polar surface area (TPSA) is 96.5 Å². The van der Waals surface area contributed by atoms with E-state index in [2.05, 4.69) is 15.1 Å². The fraction of sp³-hybridized carbons (Fsp3) is 0.650. The lowest BCUT2D eigenvalue weighted by Gasteiger charge is -2.45. The Bertz CT molecular complexity index is 629. The van der Waals surface area contributed by atoms with Gasteiger partial charge in [-0.2, -0.15) is 0 Å². The third-order valence-corrected chi connectivity index (χ3v) is 6.11. The highest BCUT2D eigenvalue weighted by Crippen LogP contribution is 2.32. The van der Waals surface area contributed by atoms with Crippen LogP contribution in [0, 0.1) is 5.92 Å². The second-order valence-electron chi connectivity index (χ2n) is 7.83. The lowest BCUT2D eigenvalue weighted by atomic mass is 9.85. The van der Waals surface area contributed by atoms with Crippen molar-refractivity contribution in [3.63, 3.8) is 0 Å². The molecular formula is C20H34Cl3N3O4. The standard InChI is InChI=1S/C20H29N3O3.3ClH.H2O/c24-19(26-18-14-22-10-6-16(18)7-11-22)20(25,17-4-2-1-3-5-17)15-23-12-8-21-9-13-23;;;;/h1-5,16,18,21,25H,6-15H2;3*1H;1H2. The number of halogens is 3. The van der Waals surface area contributed by atoms with Crippen molar-refractivity contribution in [2.75, 3.05) is 52.4 Å². The van der Waals surface area contributed by atoms with Crippen molar-refractivity contribution in [1.29, 1.82) is 0 Å². The van der Waals surface area contributed by atoms with Crippen molar-refractivity contribution in [2.24, 2.45) is 5.92 Å². The molecule has 4 fully saturated rings. The highest BCUT2D eigenvalue weighted by Gasteiger charge is 2.45. The number of ether oxygens (including phenoxy) is 1. The molecule has 174 valence electrons. The second-order valence-corrected chi connectivity index (χ2v) is 7.83. The number of β-amino-alcohol motifs (C(OH)–C–C–N with tert-alkyl or cyclic N) is 1. The van der Waals surface area contributed by atoms with E-state index in [1.165, 1.54) is 0 Å². The second kappa shape index (κ2) is 13.0. The first kappa shape index (κ1) is 29.4. The molecule has 30 heavy (non-hydrogen) atoms. The summed E-state index contributed by atoms with van der Waals surface area (Å²) in [7, 11) is 0. The van der Waals surface area contributed by atoms with E-state index in [1.54, 1.807) is 0 Å². The van der Waals surface area contributed by atoms with E-state index >= 15 is 0 Å². The van der Waals surface area contributed by atoms with Crippen LogP contribution in [0.3, 0.4) is 0 Å². The van der Waals surface area contributed by atoms with E-state index in [0.717, 1.165) is 58.7 Å². The summed E-state index contributed by atoms with van der Waals surface area (Å²) >= 11 is 0. The number of nitrogens with zero attached hydrogens (tertiary/aromatic N) is 2. The predicted octanol–water partition coefficient (Wildman–Crippen LogP) is 0.858. The van der Waals surface area contributed by atoms with Gasteiger partial charge in [0.05, 0.1) is 0 Å². The van der Waals surface area contributed by atoms with Gasteiger partial charge in [-0.3, -0.25) is 9.80 Å². The van der Waals surface area contributed by atoms with Gasteiger partial charge < -0.3 is 20.6 Å². The van der Waals surface area contributed by atoms with Crippen LogP contribution in [0.25, 0.3) is 0 Å². The average Bonchev–Trinajstić information content (AvgIpc) is 2.70. The Morgan fingerprint density at radius 2 is 1.67 bits per heavy atom. The van der Waals surface area contributed by atoms with Crippen LogP contribution in [0.15, 0.2) is 30.3 Å². The summed E-state index contributed by atoms with van der Waals surface area (Å²) in [6.45, 7) is 6.67. The maximum atomic E-state index is 13.2. The van der Waals surface area contributed by atoms with E-state index in [4.69, 9.17) is 4.74 Å². The number of nitrogens with one attached hydrogen (secondary N) is 1. The fourth-order valence-electron chi connectivity index (χ4n) is 4.46. The summed E-state index contributed by atoms with van der Waals surface area (Å²) in [4.78, 5) is 17.6. The minimum Gasteiger partial charge on any atom is -0.458 e. The van der Waals surface area contributed by atoms with E-state index in [1.807, 2.05) is 30.3 Å². The fourth-order valence-corrected chi connectivity index (χ4v) is 4.46. The number of hydrogen-bond donors (Lipinski definition) is 2. The molecule has 4 heterocycles. The molecule has 0 aromatic heterocycles. The first-order valence-electron chi connectivity index (χ1n) is 9.79. The maximum absolute atomic E-state index is 13.2. The van der Waals surface area contributed by atoms with Gasteiger partial charge in [-0.15, -0.1) is 37.2 Å². The van der Waals surface area contributed by atoms with Gasteiger partial charge in [-0.1, -0.05) is 30.3 Å². The van der Waals surface area contributed by atoms with Crippen LogP contribution in [0.2, 0.25) is 0 Å². The van der Waals surface area contributed by atoms with Crippen molar-refractivity contribution >= 4 is 43.2 Å². The van der Waals surface area contributed by atoms with Gasteiger partial charge in [-0.25, -0.2) is 4.79 Å². The molecule has 0 saturated carbocycles. The van der Waals surface area contributed by atoms with Gasteiger partial charge in [0.15, 0.2) is 5.60 Å². The number of piperidine rings is 3. The quantitative estimate of drug-likeness (QED) is 0.599. The minimum absolute atomic E-state index is 0. The molecule has 1 aromatic rings. The third kappa shape index (κ3) is 6.43. The van der Waals surface area contributed by atoms with Gasteiger partial charge in [0.2, 0.25) is 0 Å². The molecule has 0 spiro atoms. The third-order valence-electron chi connectivity index (χ3n) is 6.11. The highest BCUT2D eigenvalue weighted by molar-refractivity contribution is 5.86. The number of esters is 1. The van der Waals surface area contributed by atoms with Gasteiger partial charge in [0.1, 0.15) is 6.10 Å². The zero-order valence-electron chi connectivity index (χ0n) is 17.0. The normalized spacial score (nSPS) is 27.2. The summed E-state index contributed by atoms with van der Waals surface area (Å²) in [5, 5.41) is 14.8. The van der Waals surface area contributed by atoms with Crippen LogP contribution < -0.4 is 5.32 Å². The summed E-state index contributed by atoms with van der Waals surface area (Å²) in [6, 6.07) is 9.26. The number of benzene rings is 1. The SMILES string of the molecule is Cl.Cl.Cl.O.O=C(OC1CN2CCC1CC2)C(O)(CN1CCNCC1)c1ccccc1.